The molecule has 1 aromatic rings. The van der Waals surface area contributed by atoms with Crippen LogP contribution >= 0.6 is 7.82 Å². The van der Waals surface area contributed by atoms with Crippen molar-refractivity contribution in [3.63, 3.8) is 0 Å². The van der Waals surface area contributed by atoms with Crippen molar-refractivity contribution in [2.45, 2.75) is 31.9 Å². The summed E-state index contributed by atoms with van der Waals surface area (Å²) in [5.74, 6) is -0.182. The van der Waals surface area contributed by atoms with Gasteiger partial charge >= 0.3 is 7.82 Å². The van der Waals surface area contributed by atoms with E-state index in [0.29, 0.717) is 16.9 Å². The summed E-state index contributed by atoms with van der Waals surface area (Å²) < 4.78 is 59.2. The minimum atomic E-state index is -4.13. The molecular weight excluding hydrogens is 331 g/mol. The van der Waals surface area contributed by atoms with E-state index in [1.54, 1.807) is 13.0 Å². The molecule has 7 nitrogen and oxygen atoms in total. The summed E-state index contributed by atoms with van der Waals surface area (Å²) >= 11 is 0. The van der Waals surface area contributed by atoms with Gasteiger partial charge in [0.1, 0.15) is 11.5 Å². The highest BCUT2D eigenvalue weighted by atomic mass is 32.2. The molecule has 1 aromatic carbocycles. The molecule has 0 bridgehead atoms. The Kier molecular flexibility index (Phi) is 4.71. The summed E-state index contributed by atoms with van der Waals surface area (Å²) in [6, 6.07) is 4.61. The van der Waals surface area contributed by atoms with Gasteiger partial charge in [0.25, 0.3) is 10.1 Å². The van der Waals surface area contributed by atoms with Crippen LogP contribution in [0.15, 0.2) is 18.2 Å². The maximum absolute atomic E-state index is 12.4. The molecule has 1 N–H and O–H groups in total. The lowest BCUT2D eigenvalue weighted by molar-refractivity contribution is 0.149. The van der Waals surface area contributed by atoms with Gasteiger partial charge in [0.15, 0.2) is 0 Å². The SMILES string of the molecule is CCOP1(=O)OCC(C)(C)c2cc(CS(=O)(=O)O)ccc2O1. The Balaban J connectivity index is 2.46. The normalized spacial score (nSPS) is 24.2. The van der Waals surface area contributed by atoms with Crippen LogP contribution < -0.4 is 4.52 Å². The Morgan fingerprint density at radius 3 is 2.68 bits per heavy atom. The van der Waals surface area contributed by atoms with E-state index in [9.17, 15) is 13.0 Å². The molecule has 124 valence electrons. The van der Waals surface area contributed by atoms with E-state index >= 15 is 0 Å². The van der Waals surface area contributed by atoms with Crippen LogP contribution in [0.4, 0.5) is 0 Å². The Morgan fingerprint density at radius 2 is 2.09 bits per heavy atom. The van der Waals surface area contributed by atoms with Crippen molar-refractivity contribution < 1.29 is 31.1 Å². The third-order valence-electron chi connectivity index (χ3n) is 3.20. The predicted molar refractivity (Wildman–Crippen MR) is 80.5 cm³/mol. The summed E-state index contributed by atoms with van der Waals surface area (Å²) in [4.78, 5) is 0. The highest BCUT2D eigenvalue weighted by molar-refractivity contribution is 7.85. The smallest absolute Gasteiger partial charge is 0.404 e. The summed E-state index contributed by atoms with van der Waals surface area (Å²) in [5.41, 5.74) is 0.491. The Morgan fingerprint density at radius 1 is 1.41 bits per heavy atom. The van der Waals surface area contributed by atoms with E-state index < -0.39 is 29.1 Å². The van der Waals surface area contributed by atoms with Crippen molar-refractivity contribution in [1.82, 2.24) is 0 Å². The lowest BCUT2D eigenvalue weighted by atomic mass is 9.84. The van der Waals surface area contributed by atoms with E-state index in [1.165, 1.54) is 12.1 Å². The maximum atomic E-state index is 12.4. The number of fused-ring (bicyclic) bond motifs is 1. The van der Waals surface area contributed by atoms with Gasteiger partial charge in [0.05, 0.1) is 13.2 Å². The molecule has 0 saturated heterocycles. The highest BCUT2D eigenvalue weighted by Gasteiger charge is 2.39. The van der Waals surface area contributed by atoms with Crippen LogP contribution in [0.25, 0.3) is 0 Å². The van der Waals surface area contributed by atoms with Crippen LogP contribution in [-0.2, 0) is 34.9 Å². The predicted octanol–water partition coefficient (Wildman–Crippen LogP) is 2.91. The zero-order chi connectivity index (χ0) is 16.6. The number of benzene rings is 1. The molecule has 0 aromatic heterocycles. The molecule has 2 rings (SSSR count). The highest BCUT2D eigenvalue weighted by Crippen LogP contribution is 2.55. The second-order valence-electron chi connectivity index (χ2n) is 5.67. The fourth-order valence-electron chi connectivity index (χ4n) is 2.17. The zero-order valence-corrected chi connectivity index (χ0v) is 14.3. The first-order valence-electron chi connectivity index (χ1n) is 6.72. The summed E-state index contributed by atoms with van der Waals surface area (Å²) in [5, 5.41) is 0. The molecule has 0 spiro atoms. The lowest BCUT2D eigenvalue weighted by Gasteiger charge is -2.23. The van der Waals surface area contributed by atoms with Gasteiger partial charge in [-0.2, -0.15) is 8.42 Å². The van der Waals surface area contributed by atoms with E-state index in [2.05, 4.69) is 0 Å². The Hall–Kier alpha value is -0.920. The standard InChI is InChI=1S/C13H19O7PS/c1-4-18-21(14)19-9-13(2,3)11-7-10(8-22(15,16)17)5-6-12(11)20-21/h5-7H,4,8-9H2,1-3H3,(H,15,16,17). The number of phosphoric ester groups is 1. The average molecular weight is 350 g/mol. The van der Waals surface area contributed by atoms with Crippen LogP contribution in [0, 0.1) is 0 Å². The molecule has 1 aliphatic rings. The van der Waals surface area contributed by atoms with Crippen molar-refractivity contribution in [2.75, 3.05) is 13.2 Å². The second-order valence-corrected chi connectivity index (χ2v) is 8.72. The van der Waals surface area contributed by atoms with Gasteiger partial charge < -0.3 is 4.52 Å². The Bertz CT molecular complexity index is 711. The molecule has 0 amide bonds. The number of hydrogen-bond acceptors (Lipinski definition) is 6. The van der Waals surface area contributed by atoms with Crippen LogP contribution in [-0.4, -0.2) is 26.2 Å². The summed E-state index contributed by atoms with van der Waals surface area (Å²) in [6.45, 7) is 5.65. The third-order valence-corrected chi connectivity index (χ3v) is 5.34. The second kappa shape index (κ2) is 5.94. The van der Waals surface area contributed by atoms with Gasteiger partial charge in [0, 0.05) is 11.0 Å². The fourth-order valence-corrected chi connectivity index (χ4v) is 4.15. The molecule has 1 atom stereocenters. The molecule has 1 heterocycles. The topological polar surface area (TPSA) is 99.1 Å². The number of rotatable bonds is 4. The van der Waals surface area contributed by atoms with Gasteiger partial charge in [-0.25, -0.2) is 4.57 Å². The van der Waals surface area contributed by atoms with Crippen molar-refractivity contribution in [3.05, 3.63) is 29.3 Å². The monoisotopic (exact) mass is 350 g/mol. The molecule has 22 heavy (non-hydrogen) atoms. The van der Waals surface area contributed by atoms with Gasteiger partial charge in [-0.15, -0.1) is 0 Å². The van der Waals surface area contributed by atoms with Crippen molar-refractivity contribution in [1.29, 1.82) is 0 Å². The maximum Gasteiger partial charge on any atom is 0.530 e. The van der Waals surface area contributed by atoms with Gasteiger partial charge in [-0.3, -0.25) is 13.6 Å². The first-order valence-corrected chi connectivity index (χ1v) is 9.79. The first-order chi connectivity index (χ1) is 10.0. The number of phosphoric acid groups is 1. The largest absolute Gasteiger partial charge is 0.530 e. The van der Waals surface area contributed by atoms with E-state index in [4.69, 9.17) is 18.1 Å². The van der Waals surface area contributed by atoms with Crippen LogP contribution in [0.3, 0.4) is 0 Å². The van der Waals surface area contributed by atoms with Crippen LogP contribution in [0.2, 0.25) is 0 Å². The van der Waals surface area contributed by atoms with Crippen molar-refractivity contribution in [2.24, 2.45) is 0 Å². The van der Waals surface area contributed by atoms with E-state index in [0.717, 1.165) is 0 Å². The van der Waals surface area contributed by atoms with Gasteiger partial charge in [-0.1, -0.05) is 26.0 Å². The minimum absolute atomic E-state index is 0.0899. The average Bonchev–Trinajstić information content (AvgIpc) is 2.45. The van der Waals surface area contributed by atoms with Gasteiger partial charge in [-0.05, 0) is 18.6 Å². The van der Waals surface area contributed by atoms with Crippen molar-refractivity contribution in [3.8, 4) is 5.75 Å². The summed E-state index contributed by atoms with van der Waals surface area (Å²) in [6.07, 6.45) is 0. The Labute approximate surface area is 129 Å². The molecule has 1 unspecified atom stereocenters. The molecule has 0 saturated carbocycles. The molecule has 9 heteroatoms. The number of hydrogen-bond donors (Lipinski definition) is 1. The zero-order valence-electron chi connectivity index (χ0n) is 12.6. The minimum Gasteiger partial charge on any atom is -0.404 e. The van der Waals surface area contributed by atoms with E-state index in [-0.39, 0.29) is 13.2 Å². The summed E-state index contributed by atoms with van der Waals surface area (Å²) in [7, 11) is -7.83. The quantitative estimate of drug-likeness (QED) is 0.658. The molecule has 0 aliphatic carbocycles. The first kappa shape index (κ1) is 17.4. The lowest BCUT2D eigenvalue weighted by Crippen LogP contribution is -2.22. The third kappa shape index (κ3) is 4.08. The molecule has 1 aliphatic heterocycles. The van der Waals surface area contributed by atoms with Crippen LogP contribution in [0.5, 0.6) is 5.75 Å². The van der Waals surface area contributed by atoms with Crippen LogP contribution in [0.1, 0.15) is 31.9 Å². The molecular formula is C13H19O7PS. The molecule has 0 fully saturated rings. The van der Waals surface area contributed by atoms with Gasteiger partial charge in [0.2, 0.25) is 0 Å². The van der Waals surface area contributed by atoms with E-state index in [1.807, 2.05) is 13.8 Å². The molecule has 0 radical (unpaired) electrons. The van der Waals surface area contributed by atoms with Crippen molar-refractivity contribution >= 4 is 17.9 Å². The fraction of sp³-hybridized carbons (Fsp3) is 0.538.